The molecule has 0 fully saturated rings. The number of carbonyl (C=O) groups is 2. The van der Waals surface area contributed by atoms with E-state index in [9.17, 15) is 9.59 Å². The predicted molar refractivity (Wildman–Crippen MR) is 166 cm³/mol. The average molecular weight is 752 g/mol. The number of carbonyl (C=O) groups excluding carboxylic acids is 2. The predicted octanol–water partition coefficient (Wildman–Crippen LogP) is 6.39. The Balaban J connectivity index is 1.34. The van der Waals surface area contributed by atoms with E-state index in [4.69, 9.17) is 4.74 Å². The van der Waals surface area contributed by atoms with Crippen LogP contribution in [-0.2, 0) is 9.53 Å². The summed E-state index contributed by atoms with van der Waals surface area (Å²) in [6.45, 7) is 1.88. The molecule has 3 aromatic carbocycles. The number of aromatic nitrogens is 1. The molecule has 0 unspecified atom stereocenters. The molecule has 1 heterocycles. The number of halogens is 2. The number of esters is 1. The molecule has 1 aromatic heterocycles. The number of nitrogens with one attached hydrogen (secondary N) is 2. The van der Waals surface area contributed by atoms with Crippen molar-refractivity contribution in [3.8, 4) is 17.0 Å². The van der Waals surface area contributed by atoms with Crippen LogP contribution in [0.5, 0.6) is 5.75 Å². The van der Waals surface area contributed by atoms with Crippen LogP contribution in [0.1, 0.15) is 21.5 Å². The zero-order chi connectivity index (χ0) is 27.1. The minimum Gasteiger partial charge on any atom is -0.480 e. The van der Waals surface area contributed by atoms with Crippen LogP contribution in [0.4, 0.5) is 10.8 Å². The van der Waals surface area contributed by atoms with E-state index in [1.807, 2.05) is 53.9 Å². The van der Waals surface area contributed by atoms with Crippen molar-refractivity contribution in [2.75, 3.05) is 19.0 Å². The standard InChI is InChI=1S/C27H22I2N4O4S/c1-16-3-9-20(10-4-16)31-27-32-23(15-38-27)18-5-7-19(8-6-18)26(35)33-30-13-17-11-21(28)25(22(29)12-17)37-14-24(34)36-2/h3-13,15H,14H2,1-2H3,(H,31,32)(H,33,35)/b30-13-. The van der Waals surface area contributed by atoms with Gasteiger partial charge in [-0.2, -0.15) is 5.10 Å². The van der Waals surface area contributed by atoms with Crippen molar-refractivity contribution in [3.63, 3.8) is 0 Å². The Morgan fingerprint density at radius 1 is 1.05 bits per heavy atom. The molecule has 0 saturated heterocycles. The van der Waals surface area contributed by atoms with Crippen molar-refractivity contribution in [3.05, 3.63) is 89.9 Å². The second-order valence-electron chi connectivity index (χ2n) is 7.98. The Labute approximate surface area is 251 Å². The van der Waals surface area contributed by atoms with Crippen LogP contribution >= 0.6 is 56.5 Å². The molecule has 8 nitrogen and oxygen atoms in total. The molecule has 1 amide bonds. The smallest absolute Gasteiger partial charge is 0.343 e. The molecule has 0 spiro atoms. The minimum absolute atomic E-state index is 0.168. The number of thiazole rings is 1. The summed E-state index contributed by atoms with van der Waals surface area (Å²) in [6, 6.07) is 19.0. The van der Waals surface area contributed by atoms with Crippen LogP contribution in [-0.4, -0.2) is 36.8 Å². The van der Waals surface area contributed by atoms with Crippen LogP contribution in [0.15, 0.2) is 71.1 Å². The number of hydrogen-bond donors (Lipinski definition) is 2. The molecule has 0 aliphatic heterocycles. The lowest BCUT2D eigenvalue weighted by molar-refractivity contribution is -0.142. The summed E-state index contributed by atoms with van der Waals surface area (Å²) in [6.07, 6.45) is 1.55. The number of hydrazone groups is 1. The second kappa shape index (κ2) is 13.2. The molecule has 2 N–H and O–H groups in total. The molecule has 0 bridgehead atoms. The third-order valence-corrected chi connectivity index (χ3v) is 7.57. The number of methoxy groups -OCH3 is 1. The maximum Gasteiger partial charge on any atom is 0.343 e. The van der Waals surface area contributed by atoms with Crippen molar-refractivity contribution in [1.82, 2.24) is 10.4 Å². The molecule has 0 aliphatic rings. The van der Waals surface area contributed by atoms with E-state index < -0.39 is 5.97 Å². The zero-order valence-corrected chi connectivity index (χ0v) is 25.5. The van der Waals surface area contributed by atoms with E-state index in [1.54, 1.807) is 18.3 Å². The summed E-state index contributed by atoms with van der Waals surface area (Å²) in [5.74, 6) is -0.185. The first-order valence-electron chi connectivity index (χ1n) is 11.2. The Morgan fingerprint density at radius 3 is 2.39 bits per heavy atom. The maximum absolute atomic E-state index is 12.6. The fraction of sp³-hybridized carbons (Fsp3) is 0.111. The first kappa shape index (κ1) is 28.0. The highest BCUT2D eigenvalue weighted by Gasteiger charge is 2.12. The molecule has 0 saturated carbocycles. The van der Waals surface area contributed by atoms with Gasteiger partial charge in [-0.3, -0.25) is 4.79 Å². The number of aryl methyl sites for hydroxylation is 1. The van der Waals surface area contributed by atoms with E-state index in [0.717, 1.165) is 34.8 Å². The van der Waals surface area contributed by atoms with Crippen LogP contribution in [0.3, 0.4) is 0 Å². The van der Waals surface area contributed by atoms with Gasteiger partial charge in [0.15, 0.2) is 11.7 Å². The van der Waals surface area contributed by atoms with Crippen molar-refractivity contribution in [1.29, 1.82) is 0 Å². The second-order valence-corrected chi connectivity index (χ2v) is 11.2. The van der Waals surface area contributed by atoms with Gasteiger partial charge in [-0.1, -0.05) is 29.8 Å². The molecule has 194 valence electrons. The number of rotatable bonds is 9. The Bertz CT molecular complexity index is 1450. The van der Waals surface area contributed by atoms with Gasteiger partial charge in [0.2, 0.25) is 0 Å². The van der Waals surface area contributed by atoms with Crippen LogP contribution in [0.2, 0.25) is 0 Å². The number of benzene rings is 3. The molecule has 0 atom stereocenters. The van der Waals surface area contributed by atoms with E-state index in [2.05, 4.69) is 77.7 Å². The molecule has 4 rings (SSSR count). The number of amides is 1. The van der Waals surface area contributed by atoms with Gasteiger partial charge in [-0.15, -0.1) is 11.3 Å². The number of anilines is 2. The summed E-state index contributed by atoms with van der Waals surface area (Å²) >= 11 is 5.76. The summed E-state index contributed by atoms with van der Waals surface area (Å²) in [7, 11) is 1.31. The molecule has 0 radical (unpaired) electrons. The highest BCUT2D eigenvalue weighted by molar-refractivity contribution is 14.1. The quantitative estimate of drug-likeness (QED) is 0.0891. The van der Waals surface area contributed by atoms with Crippen LogP contribution in [0.25, 0.3) is 11.3 Å². The minimum atomic E-state index is -0.454. The first-order valence-corrected chi connectivity index (χ1v) is 14.3. The van der Waals surface area contributed by atoms with Crippen molar-refractivity contribution >= 4 is 85.4 Å². The van der Waals surface area contributed by atoms with Crippen LogP contribution in [0, 0.1) is 14.1 Å². The van der Waals surface area contributed by atoms with Gasteiger partial charge < -0.3 is 14.8 Å². The van der Waals surface area contributed by atoms with Gasteiger partial charge in [0.1, 0.15) is 5.75 Å². The molecular formula is C27H22I2N4O4S. The molecule has 4 aromatic rings. The molecule has 38 heavy (non-hydrogen) atoms. The lowest BCUT2D eigenvalue weighted by Crippen LogP contribution is -2.17. The van der Waals surface area contributed by atoms with Gasteiger partial charge in [0, 0.05) is 22.2 Å². The van der Waals surface area contributed by atoms with E-state index in [1.165, 1.54) is 24.0 Å². The third kappa shape index (κ3) is 7.51. The number of ether oxygens (including phenoxy) is 2. The summed E-state index contributed by atoms with van der Waals surface area (Å²) in [4.78, 5) is 28.6. The lowest BCUT2D eigenvalue weighted by atomic mass is 10.1. The summed E-state index contributed by atoms with van der Waals surface area (Å²) < 4.78 is 11.8. The van der Waals surface area contributed by atoms with Gasteiger partial charge in [0.05, 0.1) is 26.2 Å². The van der Waals surface area contributed by atoms with Crippen LogP contribution < -0.4 is 15.5 Å². The normalized spacial score (nSPS) is 10.8. The Morgan fingerprint density at radius 2 is 1.74 bits per heavy atom. The maximum atomic E-state index is 12.6. The highest BCUT2D eigenvalue weighted by atomic mass is 127. The van der Waals surface area contributed by atoms with E-state index in [0.29, 0.717) is 11.3 Å². The SMILES string of the molecule is COC(=O)COc1c(I)cc(/C=N\NC(=O)c2ccc(-c3csc(Nc4ccc(C)cc4)n3)cc2)cc1I. The molecular weight excluding hydrogens is 730 g/mol. The first-order chi connectivity index (χ1) is 18.3. The zero-order valence-electron chi connectivity index (χ0n) is 20.3. The topological polar surface area (TPSA) is 102 Å². The summed E-state index contributed by atoms with van der Waals surface area (Å²) in [5, 5.41) is 10.2. The fourth-order valence-electron chi connectivity index (χ4n) is 3.23. The van der Waals surface area contributed by atoms with Gasteiger partial charge in [-0.25, -0.2) is 15.2 Å². The lowest BCUT2D eigenvalue weighted by Gasteiger charge is -2.10. The number of nitrogens with zero attached hydrogens (tertiary/aromatic N) is 2. The van der Waals surface area contributed by atoms with Crippen molar-refractivity contribution in [2.24, 2.45) is 5.10 Å². The van der Waals surface area contributed by atoms with Gasteiger partial charge in [0.25, 0.3) is 5.91 Å². The summed E-state index contributed by atoms with van der Waals surface area (Å²) in [5.41, 5.74) is 7.74. The van der Waals surface area contributed by atoms with Crippen molar-refractivity contribution in [2.45, 2.75) is 6.92 Å². The van der Waals surface area contributed by atoms with Gasteiger partial charge >= 0.3 is 5.97 Å². The van der Waals surface area contributed by atoms with Gasteiger partial charge in [-0.05, 0) is 94.1 Å². The fourth-order valence-corrected chi connectivity index (χ4v) is 6.10. The van der Waals surface area contributed by atoms with E-state index >= 15 is 0 Å². The molecule has 11 heteroatoms. The Kier molecular flexibility index (Phi) is 9.69. The largest absolute Gasteiger partial charge is 0.480 e. The van der Waals surface area contributed by atoms with Crippen molar-refractivity contribution < 1.29 is 19.1 Å². The molecule has 0 aliphatic carbocycles. The third-order valence-electron chi connectivity index (χ3n) is 5.21. The average Bonchev–Trinajstić information content (AvgIpc) is 3.38. The monoisotopic (exact) mass is 752 g/mol. The number of hydrogen-bond acceptors (Lipinski definition) is 8. The van der Waals surface area contributed by atoms with E-state index in [-0.39, 0.29) is 12.5 Å². The Hall–Kier alpha value is -3.04. The highest BCUT2D eigenvalue weighted by Crippen LogP contribution is 2.29.